The zero-order valence-corrected chi connectivity index (χ0v) is 11.5. The van der Waals surface area contributed by atoms with Gasteiger partial charge in [0.2, 0.25) is 5.16 Å². The number of thioether (sulfide) groups is 1. The van der Waals surface area contributed by atoms with Crippen LogP contribution < -0.4 is 0 Å². The van der Waals surface area contributed by atoms with Crippen molar-refractivity contribution in [3.05, 3.63) is 41.2 Å². The largest absolute Gasteiger partial charge is 0.212 e. The molecule has 5 heteroatoms. The summed E-state index contributed by atoms with van der Waals surface area (Å²) in [6.45, 7) is 2.09. The third kappa shape index (κ3) is 1.64. The summed E-state index contributed by atoms with van der Waals surface area (Å²) in [5.41, 5.74) is 3.90. The lowest BCUT2D eigenvalue weighted by Gasteiger charge is -2.28. The Hall–Kier alpha value is -1.62. The van der Waals surface area contributed by atoms with Crippen LogP contribution in [0.2, 0.25) is 0 Å². The Kier molecular flexibility index (Phi) is 2.48. The Labute approximate surface area is 115 Å². The van der Waals surface area contributed by atoms with E-state index in [1.54, 1.807) is 11.8 Å². The highest BCUT2D eigenvalue weighted by atomic mass is 32.2. The normalized spacial score (nSPS) is 20.3. The quantitative estimate of drug-likeness (QED) is 0.799. The monoisotopic (exact) mass is 270 g/mol. The highest BCUT2D eigenvalue weighted by Gasteiger charge is 2.32. The fourth-order valence-electron chi connectivity index (χ4n) is 2.74. The van der Waals surface area contributed by atoms with Gasteiger partial charge in [-0.15, -0.1) is 10.2 Å². The Bertz CT molecular complexity index is 674. The average molecular weight is 270 g/mol. The van der Waals surface area contributed by atoms with E-state index in [1.807, 2.05) is 4.68 Å². The first-order chi connectivity index (χ1) is 9.36. The Morgan fingerprint density at radius 2 is 2.21 bits per heavy atom. The lowest BCUT2D eigenvalue weighted by molar-refractivity contribution is 0.693. The molecule has 0 saturated carbocycles. The molecule has 2 aliphatic rings. The van der Waals surface area contributed by atoms with Gasteiger partial charge in [-0.05, 0) is 18.4 Å². The number of hydrogen-bond acceptors (Lipinski definition) is 4. The second kappa shape index (κ2) is 4.20. The van der Waals surface area contributed by atoms with Gasteiger partial charge in [-0.1, -0.05) is 43.0 Å². The summed E-state index contributed by atoms with van der Waals surface area (Å²) < 4.78 is 1.92. The number of rotatable bonds is 1. The van der Waals surface area contributed by atoms with E-state index in [0.717, 1.165) is 30.2 Å². The molecule has 1 aliphatic carbocycles. The van der Waals surface area contributed by atoms with Crippen LogP contribution in [0.1, 0.15) is 30.3 Å². The number of nitrogens with zero attached hydrogens (tertiary/aromatic N) is 4. The molecule has 1 unspecified atom stereocenters. The van der Waals surface area contributed by atoms with Crippen LogP contribution in [0.15, 0.2) is 34.5 Å². The molecule has 0 radical (unpaired) electrons. The molecule has 0 saturated heterocycles. The van der Waals surface area contributed by atoms with Crippen molar-refractivity contribution in [1.29, 1.82) is 0 Å². The second-order valence-corrected chi connectivity index (χ2v) is 6.02. The van der Waals surface area contributed by atoms with Crippen molar-refractivity contribution in [3.63, 3.8) is 0 Å². The molecule has 0 N–H and O–H groups in total. The van der Waals surface area contributed by atoms with E-state index in [2.05, 4.69) is 41.4 Å². The highest BCUT2D eigenvalue weighted by molar-refractivity contribution is 8.00. The van der Waals surface area contributed by atoms with Gasteiger partial charge in [-0.3, -0.25) is 0 Å². The third-order valence-electron chi connectivity index (χ3n) is 3.72. The second-order valence-electron chi connectivity index (χ2n) is 4.85. The van der Waals surface area contributed by atoms with Gasteiger partial charge in [0.1, 0.15) is 0 Å². The van der Waals surface area contributed by atoms with Crippen molar-refractivity contribution in [1.82, 2.24) is 14.9 Å². The average Bonchev–Trinajstić information content (AvgIpc) is 2.87. The molecule has 0 bridgehead atoms. The summed E-state index contributed by atoms with van der Waals surface area (Å²) in [4.78, 5) is 0. The van der Waals surface area contributed by atoms with Crippen molar-refractivity contribution >= 4 is 17.5 Å². The van der Waals surface area contributed by atoms with Gasteiger partial charge in [0.25, 0.3) is 0 Å². The van der Waals surface area contributed by atoms with Crippen molar-refractivity contribution in [2.24, 2.45) is 5.10 Å². The number of aryl methyl sites for hydroxylation is 2. The Morgan fingerprint density at radius 3 is 3.11 bits per heavy atom. The molecular weight excluding hydrogens is 256 g/mol. The Balaban J connectivity index is 1.90. The number of fused-ring (bicyclic) bond motifs is 4. The molecule has 19 heavy (non-hydrogen) atoms. The molecule has 0 amide bonds. The topological polar surface area (TPSA) is 43.1 Å². The minimum Gasteiger partial charge on any atom is -0.191 e. The van der Waals surface area contributed by atoms with Gasteiger partial charge in [-0.25, -0.2) is 0 Å². The summed E-state index contributed by atoms with van der Waals surface area (Å²) in [5.74, 6) is 0.941. The summed E-state index contributed by atoms with van der Waals surface area (Å²) in [6.07, 6.45) is 3.12. The van der Waals surface area contributed by atoms with Gasteiger partial charge in [0.15, 0.2) is 5.82 Å². The van der Waals surface area contributed by atoms with E-state index >= 15 is 0 Å². The molecule has 0 fully saturated rings. The maximum atomic E-state index is 4.83. The molecule has 4 rings (SSSR count). The van der Waals surface area contributed by atoms with Crippen molar-refractivity contribution in [2.45, 2.75) is 36.6 Å². The number of hydrogen-bond donors (Lipinski definition) is 0. The van der Waals surface area contributed by atoms with Crippen molar-refractivity contribution < 1.29 is 0 Å². The predicted octanol–water partition coefficient (Wildman–Crippen LogP) is 2.51. The van der Waals surface area contributed by atoms with Gasteiger partial charge >= 0.3 is 0 Å². The molecule has 1 aliphatic heterocycles. The number of benzene rings is 1. The molecule has 1 atom stereocenters. The highest BCUT2D eigenvalue weighted by Crippen LogP contribution is 2.36. The molecule has 1 aromatic carbocycles. The first-order valence-electron chi connectivity index (χ1n) is 6.65. The Morgan fingerprint density at radius 1 is 1.32 bits per heavy atom. The van der Waals surface area contributed by atoms with E-state index in [9.17, 15) is 0 Å². The SMILES string of the molecule is CCc1nnc2n1N=C1c3ccccc3CCC1S2. The van der Waals surface area contributed by atoms with E-state index in [4.69, 9.17) is 5.10 Å². The minimum atomic E-state index is 0.427. The van der Waals surface area contributed by atoms with Gasteiger partial charge in [0.05, 0.1) is 11.0 Å². The summed E-state index contributed by atoms with van der Waals surface area (Å²) >= 11 is 1.80. The molecule has 96 valence electrons. The van der Waals surface area contributed by atoms with Crippen molar-refractivity contribution in [2.75, 3.05) is 0 Å². The maximum absolute atomic E-state index is 4.83. The van der Waals surface area contributed by atoms with Gasteiger partial charge in [0, 0.05) is 12.0 Å². The molecule has 1 aromatic heterocycles. The summed E-state index contributed by atoms with van der Waals surface area (Å²) in [5, 5.41) is 14.6. The van der Waals surface area contributed by atoms with E-state index in [1.165, 1.54) is 16.8 Å². The van der Waals surface area contributed by atoms with E-state index < -0.39 is 0 Å². The predicted molar refractivity (Wildman–Crippen MR) is 75.7 cm³/mol. The lowest BCUT2D eigenvalue weighted by Crippen LogP contribution is -2.29. The van der Waals surface area contributed by atoms with Crippen molar-refractivity contribution in [3.8, 4) is 0 Å². The van der Waals surface area contributed by atoms with Gasteiger partial charge < -0.3 is 0 Å². The van der Waals surface area contributed by atoms with Crippen LogP contribution in [-0.4, -0.2) is 25.8 Å². The molecule has 2 aromatic rings. The van der Waals surface area contributed by atoms with E-state index in [-0.39, 0.29) is 0 Å². The molecule has 4 nitrogen and oxygen atoms in total. The fraction of sp³-hybridized carbons (Fsp3) is 0.357. The zero-order valence-electron chi connectivity index (χ0n) is 10.7. The minimum absolute atomic E-state index is 0.427. The molecular formula is C14H14N4S. The third-order valence-corrected chi connectivity index (χ3v) is 4.93. The standard InChI is InChI=1S/C14H14N4S/c1-2-12-15-16-14-18(12)17-13-10-6-4-3-5-9(10)7-8-11(13)19-14/h3-6,11H,2,7-8H2,1H3. The first-order valence-corrected chi connectivity index (χ1v) is 7.53. The van der Waals surface area contributed by atoms with E-state index in [0.29, 0.717) is 5.25 Å². The van der Waals surface area contributed by atoms with Gasteiger partial charge in [-0.2, -0.15) is 9.78 Å². The van der Waals surface area contributed by atoms with Crippen LogP contribution in [0.25, 0.3) is 0 Å². The van der Waals surface area contributed by atoms with Crippen LogP contribution in [0.4, 0.5) is 0 Å². The smallest absolute Gasteiger partial charge is 0.191 e. The zero-order chi connectivity index (χ0) is 12.8. The van der Waals surface area contributed by atoms with Crippen LogP contribution in [-0.2, 0) is 12.8 Å². The summed E-state index contributed by atoms with van der Waals surface area (Å²) in [7, 11) is 0. The summed E-state index contributed by atoms with van der Waals surface area (Å²) in [6, 6.07) is 8.59. The lowest BCUT2D eigenvalue weighted by atomic mass is 9.90. The van der Waals surface area contributed by atoms with Crippen LogP contribution >= 0.6 is 11.8 Å². The van der Waals surface area contributed by atoms with Crippen LogP contribution in [0.3, 0.4) is 0 Å². The maximum Gasteiger partial charge on any atom is 0.212 e. The number of aromatic nitrogens is 3. The fourth-order valence-corrected chi connectivity index (χ4v) is 3.85. The van der Waals surface area contributed by atoms with Crippen LogP contribution in [0.5, 0.6) is 0 Å². The molecule has 0 spiro atoms. The molecule has 2 heterocycles. The first kappa shape index (κ1) is 11.2. The van der Waals surface area contributed by atoms with Crippen LogP contribution in [0, 0.1) is 0 Å².